The molecule has 0 unspecified atom stereocenters. The first kappa shape index (κ1) is 12.7. The molecule has 0 saturated carbocycles. The van der Waals surface area contributed by atoms with E-state index in [4.69, 9.17) is 0 Å². The van der Waals surface area contributed by atoms with E-state index in [1.54, 1.807) is 4.68 Å². The molecule has 1 amide bonds. The van der Waals surface area contributed by atoms with Gasteiger partial charge in [0.15, 0.2) is 0 Å². The number of carbonyl (C=O) groups excluding carboxylic acids is 1. The molecule has 1 aromatic heterocycles. The Morgan fingerprint density at radius 2 is 2.12 bits per heavy atom. The average Bonchev–Trinajstić information content (AvgIpc) is 2.59. The third-order valence-corrected chi connectivity index (χ3v) is 2.38. The van der Waals surface area contributed by atoms with Crippen LogP contribution in [0.3, 0.4) is 0 Å². The molecule has 1 heterocycles. The summed E-state index contributed by atoms with van der Waals surface area (Å²) in [6.07, 6.45) is 1.81. The van der Waals surface area contributed by atoms with Crippen LogP contribution in [0.5, 0.6) is 0 Å². The lowest BCUT2D eigenvalue weighted by atomic mass is 10.2. The van der Waals surface area contributed by atoms with E-state index in [9.17, 15) is 4.79 Å². The summed E-state index contributed by atoms with van der Waals surface area (Å²) in [6, 6.07) is 2.25. The smallest absolute Gasteiger partial charge is 0.241 e. The molecule has 0 atom stereocenters. The fraction of sp³-hybridized carbons (Fsp3) is 0.667. The van der Waals surface area contributed by atoms with Crippen molar-refractivity contribution in [1.29, 1.82) is 0 Å². The fourth-order valence-electron chi connectivity index (χ4n) is 1.61. The van der Waals surface area contributed by atoms with Crippen LogP contribution in [0, 0.1) is 0 Å². The Balaban J connectivity index is 2.71. The van der Waals surface area contributed by atoms with Crippen molar-refractivity contribution in [3.63, 3.8) is 0 Å². The third kappa shape index (κ3) is 3.36. The predicted molar refractivity (Wildman–Crippen MR) is 64.3 cm³/mol. The van der Waals surface area contributed by atoms with Crippen molar-refractivity contribution in [2.45, 2.75) is 53.1 Å². The van der Waals surface area contributed by atoms with Crippen LogP contribution in [-0.4, -0.2) is 21.7 Å². The number of aromatic nitrogens is 2. The largest absolute Gasteiger partial charge is 0.352 e. The first-order chi connectivity index (χ1) is 7.56. The molecule has 0 aliphatic carbocycles. The van der Waals surface area contributed by atoms with E-state index in [0.29, 0.717) is 6.54 Å². The Labute approximate surface area is 97.0 Å². The average molecular weight is 223 g/mol. The Morgan fingerprint density at radius 1 is 1.44 bits per heavy atom. The van der Waals surface area contributed by atoms with Crippen molar-refractivity contribution in [1.82, 2.24) is 15.1 Å². The van der Waals surface area contributed by atoms with Crippen LogP contribution in [-0.2, 0) is 24.2 Å². The van der Waals surface area contributed by atoms with Crippen LogP contribution in [0.2, 0.25) is 0 Å². The molecule has 0 saturated heterocycles. The minimum atomic E-state index is 0.0236. The highest BCUT2D eigenvalue weighted by atomic mass is 16.2. The highest BCUT2D eigenvalue weighted by molar-refractivity contribution is 5.75. The maximum absolute atomic E-state index is 11.6. The lowest BCUT2D eigenvalue weighted by Gasteiger charge is -2.09. The van der Waals surface area contributed by atoms with E-state index in [1.165, 1.54) is 0 Å². The number of carbonyl (C=O) groups is 1. The summed E-state index contributed by atoms with van der Waals surface area (Å²) in [7, 11) is 0. The number of aryl methyl sites for hydroxylation is 2. The van der Waals surface area contributed by atoms with Gasteiger partial charge in [-0.05, 0) is 32.8 Å². The van der Waals surface area contributed by atoms with Gasteiger partial charge < -0.3 is 5.32 Å². The molecule has 1 N–H and O–H groups in total. The normalized spacial score (nSPS) is 10.8. The molecule has 0 aliphatic heterocycles. The Kier molecular flexibility index (Phi) is 4.52. The first-order valence-electron chi connectivity index (χ1n) is 5.91. The molecule has 0 spiro atoms. The van der Waals surface area contributed by atoms with Crippen LogP contribution in [0.4, 0.5) is 0 Å². The Hall–Kier alpha value is -1.32. The summed E-state index contributed by atoms with van der Waals surface area (Å²) in [4.78, 5) is 11.6. The zero-order valence-corrected chi connectivity index (χ0v) is 10.6. The number of hydrogen-bond donors (Lipinski definition) is 1. The van der Waals surface area contributed by atoms with Crippen molar-refractivity contribution in [3.8, 4) is 0 Å². The van der Waals surface area contributed by atoms with Gasteiger partial charge in [-0.1, -0.05) is 13.8 Å². The maximum atomic E-state index is 11.6. The quantitative estimate of drug-likeness (QED) is 0.823. The van der Waals surface area contributed by atoms with Crippen molar-refractivity contribution in [2.24, 2.45) is 0 Å². The summed E-state index contributed by atoms with van der Waals surface area (Å²) in [5.74, 6) is 0.0236. The molecule has 0 aromatic carbocycles. The number of hydrogen-bond acceptors (Lipinski definition) is 2. The summed E-state index contributed by atoms with van der Waals surface area (Å²) < 4.78 is 1.80. The maximum Gasteiger partial charge on any atom is 0.241 e. The van der Waals surface area contributed by atoms with Crippen LogP contribution in [0.25, 0.3) is 0 Å². The summed E-state index contributed by atoms with van der Waals surface area (Å²) in [5.41, 5.74) is 2.17. The highest BCUT2D eigenvalue weighted by Gasteiger charge is 2.09. The van der Waals surface area contributed by atoms with Gasteiger partial charge in [0.2, 0.25) is 5.91 Å². The van der Waals surface area contributed by atoms with E-state index < -0.39 is 0 Å². The molecule has 4 heteroatoms. The van der Waals surface area contributed by atoms with E-state index in [1.807, 2.05) is 13.8 Å². The van der Waals surface area contributed by atoms with Crippen molar-refractivity contribution < 1.29 is 4.79 Å². The van der Waals surface area contributed by atoms with Gasteiger partial charge in [-0.15, -0.1) is 0 Å². The third-order valence-electron chi connectivity index (χ3n) is 2.38. The van der Waals surface area contributed by atoms with Crippen LogP contribution in [0.15, 0.2) is 6.07 Å². The zero-order chi connectivity index (χ0) is 12.1. The number of rotatable bonds is 5. The van der Waals surface area contributed by atoms with E-state index in [2.05, 4.69) is 30.3 Å². The second kappa shape index (κ2) is 5.68. The fourth-order valence-corrected chi connectivity index (χ4v) is 1.61. The number of nitrogens with zero attached hydrogens (tertiary/aromatic N) is 2. The van der Waals surface area contributed by atoms with Crippen molar-refractivity contribution in [2.75, 3.05) is 0 Å². The zero-order valence-electron chi connectivity index (χ0n) is 10.6. The summed E-state index contributed by atoms with van der Waals surface area (Å²) in [5, 5.41) is 7.27. The minimum absolute atomic E-state index is 0.0236. The monoisotopic (exact) mass is 223 g/mol. The first-order valence-corrected chi connectivity index (χ1v) is 5.91. The molecular formula is C12H21N3O. The lowest BCUT2D eigenvalue weighted by Crippen LogP contribution is -2.33. The van der Waals surface area contributed by atoms with Gasteiger partial charge in [-0.2, -0.15) is 5.10 Å². The van der Waals surface area contributed by atoms with Crippen LogP contribution in [0.1, 0.15) is 39.1 Å². The highest BCUT2D eigenvalue weighted by Crippen LogP contribution is 2.06. The Morgan fingerprint density at radius 3 is 2.62 bits per heavy atom. The topological polar surface area (TPSA) is 46.9 Å². The van der Waals surface area contributed by atoms with E-state index in [-0.39, 0.29) is 11.9 Å². The SMILES string of the molecule is CCc1cc(CC)n(CC(=O)NC(C)C)n1. The van der Waals surface area contributed by atoms with Crippen molar-refractivity contribution >= 4 is 5.91 Å². The summed E-state index contributed by atoms with van der Waals surface area (Å²) >= 11 is 0. The van der Waals surface area contributed by atoms with Gasteiger partial charge in [0, 0.05) is 11.7 Å². The molecule has 90 valence electrons. The van der Waals surface area contributed by atoms with Gasteiger partial charge in [0.05, 0.1) is 5.69 Å². The number of nitrogens with one attached hydrogen (secondary N) is 1. The molecule has 0 fully saturated rings. The van der Waals surface area contributed by atoms with Gasteiger partial charge >= 0.3 is 0 Å². The second-order valence-corrected chi connectivity index (χ2v) is 4.21. The molecule has 0 bridgehead atoms. The summed E-state index contributed by atoms with van der Waals surface area (Å²) in [6.45, 7) is 8.38. The Bertz CT molecular complexity index is 355. The van der Waals surface area contributed by atoms with E-state index >= 15 is 0 Å². The van der Waals surface area contributed by atoms with Crippen LogP contribution < -0.4 is 5.32 Å². The standard InChI is InChI=1S/C12H21N3O/c1-5-10-7-11(6-2)15(14-10)8-12(16)13-9(3)4/h7,9H,5-6,8H2,1-4H3,(H,13,16). The molecule has 0 radical (unpaired) electrons. The van der Waals surface area contributed by atoms with E-state index in [0.717, 1.165) is 24.2 Å². The minimum Gasteiger partial charge on any atom is -0.352 e. The molecular weight excluding hydrogens is 202 g/mol. The molecule has 16 heavy (non-hydrogen) atoms. The molecule has 0 aliphatic rings. The van der Waals surface area contributed by atoms with Gasteiger partial charge in [-0.3, -0.25) is 9.48 Å². The predicted octanol–water partition coefficient (Wildman–Crippen LogP) is 1.53. The van der Waals surface area contributed by atoms with Crippen LogP contribution >= 0.6 is 0 Å². The molecule has 1 aromatic rings. The number of amides is 1. The molecule has 1 rings (SSSR count). The molecule has 4 nitrogen and oxygen atoms in total. The lowest BCUT2D eigenvalue weighted by molar-refractivity contribution is -0.122. The van der Waals surface area contributed by atoms with Gasteiger partial charge in [-0.25, -0.2) is 0 Å². The van der Waals surface area contributed by atoms with Crippen molar-refractivity contribution in [3.05, 3.63) is 17.5 Å². The second-order valence-electron chi connectivity index (χ2n) is 4.21. The van der Waals surface area contributed by atoms with Gasteiger partial charge in [0.25, 0.3) is 0 Å². The van der Waals surface area contributed by atoms with Gasteiger partial charge in [0.1, 0.15) is 6.54 Å².